The van der Waals surface area contributed by atoms with Crippen LogP contribution in [0.2, 0.25) is 0 Å². The molecule has 1 amide bonds. The number of rotatable bonds is 6. The van der Waals surface area contributed by atoms with Crippen LogP contribution in [0.3, 0.4) is 0 Å². The molecule has 0 spiro atoms. The third kappa shape index (κ3) is 5.07. The average Bonchev–Trinajstić information content (AvgIpc) is 2.84. The maximum absolute atomic E-state index is 14.1. The van der Waals surface area contributed by atoms with E-state index in [0.717, 1.165) is 11.1 Å². The molecule has 0 bridgehead atoms. The van der Waals surface area contributed by atoms with Crippen LogP contribution in [0.4, 0.5) is 15.8 Å². The molecule has 3 aromatic rings. The summed E-state index contributed by atoms with van der Waals surface area (Å²) in [6.07, 6.45) is 0. The minimum atomic E-state index is -3.95. The van der Waals surface area contributed by atoms with E-state index in [9.17, 15) is 17.6 Å². The van der Waals surface area contributed by atoms with Crippen LogP contribution in [-0.4, -0.2) is 51.9 Å². The largest absolute Gasteiger partial charge is 0.366 e. The van der Waals surface area contributed by atoms with Crippen LogP contribution < -0.4 is 9.21 Å². The molecule has 3 aromatic carbocycles. The predicted octanol–water partition coefficient (Wildman–Crippen LogP) is 3.99. The fourth-order valence-electron chi connectivity index (χ4n) is 3.99. The van der Waals surface area contributed by atoms with Crippen molar-refractivity contribution in [2.75, 3.05) is 41.9 Å². The highest BCUT2D eigenvalue weighted by Gasteiger charge is 2.30. The minimum absolute atomic E-state index is 0.135. The summed E-state index contributed by atoms with van der Waals surface area (Å²) in [4.78, 5) is 16.9. The summed E-state index contributed by atoms with van der Waals surface area (Å²) in [6.45, 7) is 5.23. The van der Waals surface area contributed by atoms with Gasteiger partial charge >= 0.3 is 0 Å². The zero-order valence-electron chi connectivity index (χ0n) is 19.3. The molecule has 1 aliphatic heterocycles. The van der Waals surface area contributed by atoms with Crippen LogP contribution in [-0.2, 0) is 14.8 Å². The molecule has 178 valence electrons. The Morgan fingerprint density at radius 1 is 0.853 bits per heavy atom. The summed E-state index contributed by atoms with van der Waals surface area (Å²) in [5, 5.41) is 0. The summed E-state index contributed by atoms with van der Waals surface area (Å²) >= 11 is 0. The van der Waals surface area contributed by atoms with E-state index in [1.165, 1.54) is 10.4 Å². The molecule has 4 rings (SSSR count). The summed E-state index contributed by atoms with van der Waals surface area (Å²) in [5.41, 5.74) is 2.89. The van der Waals surface area contributed by atoms with E-state index in [1.54, 1.807) is 59.5 Å². The van der Waals surface area contributed by atoms with Crippen LogP contribution >= 0.6 is 0 Å². The normalized spacial score (nSPS) is 14.2. The lowest BCUT2D eigenvalue weighted by Crippen LogP contribution is -2.52. The average molecular weight is 482 g/mol. The first kappa shape index (κ1) is 23.8. The number of piperazine rings is 1. The predicted molar refractivity (Wildman–Crippen MR) is 132 cm³/mol. The summed E-state index contributed by atoms with van der Waals surface area (Å²) in [6, 6.07) is 20.2. The van der Waals surface area contributed by atoms with E-state index in [-0.39, 0.29) is 23.2 Å². The van der Waals surface area contributed by atoms with Crippen molar-refractivity contribution in [3.8, 4) is 0 Å². The van der Waals surface area contributed by atoms with Gasteiger partial charge in [-0.1, -0.05) is 47.5 Å². The Labute approximate surface area is 200 Å². The Morgan fingerprint density at radius 3 is 2.00 bits per heavy atom. The molecule has 0 N–H and O–H groups in total. The number of carbonyl (C=O) groups is 1. The maximum atomic E-state index is 14.1. The fraction of sp³-hybridized carbons (Fsp3) is 0.269. The van der Waals surface area contributed by atoms with Crippen molar-refractivity contribution >= 4 is 27.3 Å². The number of aryl methyl sites for hydroxylation is 2. The molecule has 34 heavy (non-hydrogen) atoms. The van der Waals surface area contributed by atoms with Gasteiger partial charge in [0.15, 0.2) is 0 Å². The number of hydrogen-bond donors (Lipinski definition) is 0. The van der Waals surface area contributed by atoms with Gasteiger partial charge in [-0.2, -0.15) is 0 Å². The quantitative estimate of drug-likeness (QED) is 0.534. The molecule has 1 aliphatic rings. The molecule has 1 fully saturated rings. The van der Waals surface area contributed by atoms with E-state index in [0.29, 0.717) is 37.6 Å². The van der Waals surface area contributed by atoms with Crippen molar-refractivity contribution in [3.63, 3.8) is 0 Å². The van der Waals surface area contributed by atoms with E-state index in [2.05, 4.69) is 0 Å². The van der Waals surface area contributed by atoms with E-state index < -0.39 is 10.0 Å². The molecule has 8 heteroatoms. The van der Waals surface area contributed by atoms with Crippen LogP contribution in [0.5, 0.6) is 0 Å². The second kappa shape index (κ2) is 9.85. The summed E-state index contributed by atoms with van der Waals surface area (Å²) < 4.78 is 42.4. The fourth-order valence-corrected chi connectivity index (χ4v) is 5.41. The number of sulfonamides is 1. The van der Waals surface area contributed by atoms with Gasteiger partial charge in [-0.3, -0.25) is 9.10 Å². The van der Waals surface area contributed by atoms with Crippen molar-refractivity contribution in [1.29, 1.82) is 0 Å². The van der Waals surface area contributed by atoms with Crippen molar-refractivity contribution in [2.45, 2.75) is 18.7 Å². The minimum Gasteiger partial charge on any atom is -0.366 e. The van der Waals surface area contributed by atoms with Gasteiger partial charge in [0, 0.05) is 26.2 Å². The molecule has 6 nitrogen and oxygen atoms in total. The van der Waals surface area contributed by atoms with Gasteiger partial charge in [-0.15, -0.1) is 0 Å². The third-order valence-corrected chi connectivity index (χ3v) is 7.82. The summed E-state index contributed by atoms with van der Waals surface area (Å²) in [7, 11) is -3.95. The maximum Gasteiger partial charge on any atom is 0.264 e. The number of halogens is 1. The molecule has 1 saturated heterocycles. The second-order valence-electron chi connectivity index (χ2n) is 8.48. The van der Waals surface area contributed by atoms with E-state index in [4.69, 9.17) is 0 Å². The number of benzene rings is 3. The molecular weight excluding hydrogens is 453 g/mol. The van der Waals surface area contributed by atoms with Gasteiger partial charge in [0.25, 0.3) is 10.0 Å². The van der Waals surface area contributed by atoms with Crippen molar-refractivity contribution in [1.82, 2.24) is 4.90 Å². The highest BCUT2D eigenvalue weighted by molar-refractivity contribution is 7.92. The van der Waals surface area contributed by atoms with E-state index in [1.807, 2.05) is 30.9 Å². The lowest BCUT2D eigenvalue weighted by Gasteiger charge is -2.37. The number of para-hydroxylation sites is 1. The van der Waals surface area contributed by atoms with Crippen LogP contribution in [0, 0.1) is 19.7 Å². The molecule has 0 aliphatic carbocycles. The molecular formula is C26H28FN3O3S. The number of nitrogens with zero attached hydrogens (tertiary/aromatic N) is 3. The number of anilines is 2. The van der Waals surface area contributed by atoms with Crippen LogP contribution in [0.25, 0.3) is 0 Å². The SMILES string of the molecule is Cc1ccc(N(CC(=O)N2CCN(c3ccccc3F)CC2)S(=O)(=O)c2ccc(C)cc2)cc1. The zero-order chi connectivity index (χ0) is 24.3. The van der Waals surface area contributed by atoms with Gasteiger partial charge < -0.3 is 9.80 Å². The van der Waals surface area contributed by atoms with Crippen LogP contribution in [0.1, 0.15) is 11.1 Å². The Kier molecular flexibility index (Phi) is 6.88. The number of amides is 1. The van der Waals surface area contributed by atoms with E-state index >= 15 is 0 Å². The zero-order valence-corrected chi connectivity index (χ0v) is 20.1. The number of carbonyl (C=O) groups excluding carboxylic acids is 1. The monoisotopic (exact) mass is 481 g/mol. The first-order valence-electron chi connectivity index (χ1n) is 11.2. The molecule has 0 radical (unpaired) electrons. The van der Waals surface area contributed by atoms with Gasteiger partial charge in [0.1, 0.15) is 12.4 Å². The van der Waals surface area contributed by atoms with Gasteiger partial charge in [-0.05, 0) is 50.2 Å². The molecule has 1 heterocycles. The lowest BCUT2D eigenvalue weighted by atomic mass is 10.2. The van der Waals surface area contributed by atoms with Gasteiger partial charge in [-0.25, -0.2) is 12.8 Å². The molecule has 0 saturated carbocycles. The first-order chi connectivity index (χ1) is 16.3. The molecule has 0 atom stereocenters. The van der Waals surface area contributed by atoms with Gasteiger partial charge in [0.2, 0.25) is 5.91 Å². The third-order valence-electron chi connectivity index (χ3n) is 6.04. The Hall–Kier alpha value is -3.39. The standard InChI is InChI=1S/C26H28FN3O3S/c1-20-7-11-22(12-8-20)30(34(32,33)23-13-9-21(2)10-14-23)19-26(31)29-17-15-28(16-18-29)25-6-4-3-5-24(25)27/h3-14H,15-19H2,1-2H3. The Balaban J connectivity index is 1.54. The number of hydrogen-bond acceptors (Lipinski definition) is 4. The molecule has 0 aromatic heterocycles. The second-order valence-corrected chi connectivity index (χ2v) is 10.3. The summed E-state index contributed by atoms with van der Waals surface area (Å²) in [5.74, 6) is -0.582. The lowest BCUT2D eigenvalue weighted by molar-refractivity contribution is -0.129. The Morgan fingerprint density at radius 2 is 1.41 bits per heavy atom. The smallest absolute Gasteiger partial charge is 0.264 e. The molecule has 0 unspecified atom stereocenters. The van der Waals surface area contributed by atoms with Crippen molar-refractivity contribution in [3.05, 3.63) is 89.7 Å². The highest BCUT2D eigenvalue weighted by Crippen LogP contribution is 2.25. The Bertz CT molecular complexity index is 1250. The van der Waals surface area contributed by atoms with Crippen molar-refractivity contribution in [2.24, 2.45) is 0 Å². The van der Waals surface area contributed by atoms with Crippen molar-refractivity contribution < 1.29 is 17.6 Å². The topological polar surface area (TPSA) is 60.9 Å². The first-order valence-corrected chi connectivity index (χ1v) is 12.6. The van der Waals surface area contributed by atoms with Crippen LogP contribution in [0.15, 0.2) is 77.7 Å². The van der Waals surface area contributed by atoms with Gasteiger partial charge in [0.05, 0.1) is 16.3 Å². The highest BCUT2D eigenvalue weighted by atomic mass is 32.2.